The van der Waals surface area contributed by atoms with E-state index in [0.29, 0.717) is 5.75 Å². The van der Waals surface area contributed by atoms with Gasteiger partial charge in [0.2, 0.25) is 0 Å². The van der Waals surface area contributed by atoms with Gasteiger partial charge < -0.3 is 38.0 Å². The van der Waals surface area contributed by atoms with Crippen molar-refractivity contribution in [1.29, 1.82) is 0 Å². The highest BCUT2D eigenvalue weighted by Gasteiger charge is 2.51. The zero-order chi connectivity index (χ0) is 34.0. The molecule has 6 aromatic rings. The van der Waals surface area contributed by atoms with E-state index < -0.39 is 5.54 Å². The SMILES string of the molecule is COc1ccc(-c2c(C3(C)CC(C)(C)c4c(-c5ccc(OC)cc5)c5c(OC)cc(OC)cc5n43)[nH]c3cc(OC)cc(OC)c23)cc1. The van der Waals surface area contributed by atoms with E-state index in [0.717, 1.165) is 84.9 Å². The summed E-state index contributed by atoms with van der Waals surface area (Å²) in [5.74, 6) is 4.54. The fourth-order valence-corrected chi connectivity index (χ4v) is 8.05. The first-order valence-corrected chi connectivity index (χ1v) is 16.0. The Morgan fingerprint density at radius 2 is 1.06 bits per heavy atom. The van der Waals surface area contributed by atoms with Gasteiger partial charge in [0.25, 0.3) is 0 Å². The highest BCUT2D eigenvalue weighted by molar-refractivity contribution is 6.06. The van der Waals surface area contributed by atoms with Gasteiger partial charge >= 0.3 is 0 Å². The summed E-state index contributed by atoms with van der Waals surface area (Å²) >= 11 is 0. The molecule has 0 saturated heterocycles. The van der Waals surface area contributed by atoms with Crippen LogP contribution in [0.4, 0.5) is 0 Å². The lowest BCUT2D eigenvalue weighted by molar-refractivity contribution is 0.364. The number of nitrogens with one attached hydrogen (secondary N) is 1. The van der Waals surface area contributed by atoms with Gasteiger partial charge in [0.15, 0.2) is 0 Å². The topological polar surface area (TPSA) is 76.1 Å². The summed E-state index contributed by atoms with van der Waals surface area (Å²) < 4.78 is 37.3. The van der Waals surface area contributed by atoms with Crippen molar-refractivity contribution in [3.63, 3.8) is 0 Å². The van der Waals surface area contributed by atoms with Crippen molar-refractivity contribution in [2.24, 2.45) is 0 Å². The Morgan fingerprint density at radius 1 is 0.562 bits per heavy atom. The molecule has 0 radical (unpaired) electrons. The third-order valence-corrected chi connectivity index (χ3v) is 9.97. The average Bonchev–Trinajstić information content (AvgIpc) is 3.75. The Hall–Kier alpha value is -5.24. The molecule has 0 spiro atoms. The average molecular weight is 647 g/mol. The van der Waals surface area contributed by atoms with Crippen molar-refractivity contribution >= 4 is 21.8 Å². The first-order chi connectivity index (χ1) is 23.1. The predicted octanol–water partition coefficient (Wildman–Crippen LogP) is 8.95. The second-order valence-electron chi connectivity index (χ2n) is 13.2. The van der Waals surface area contributed by atoms with E-state index in [1.807, 2.05) is 42.5 Å². The van der Waals surface area contributed by atoms with Crippen LogP contribution >= 0.6 is 0 Å². The van der Waals surface area contributed by atoms with E-state index in [4.69, 9.17) is 28.4 Å². The third kappa shape index (κ3) is 4.57. The molecule has 1 unspecified atom stereocenters. The molecule has 3 heterocycles. The molecule has 0 bridgehead atoms. The second kappa shape index (κ2) is 11.5. The minimum Gasteiger partial charge on any atom is -0.497 e. The Bertz CT molecular complexity index is 2160. The van der Waals surface area contributed by atoms with Crippen molar-refractivity contribution in [1.82, 2.24) is 9.55 Å². The van der Waals surface area contributed by atoms with Gasteiger partial charge in [0.05, 0.1) is 70.3 Å². The van der Waals surface area contributed by atoms with Crippen LogP contribution in [0.15, 0.2) is 72.8 Å². The number of methoxy groups -OCH3 is 6. The van der Waals surface area contributed by atoms with Crippen molar-refractivity contribution in [3.8, 4) is 56.8 Å². The summed E-state index contributed by atoms with van der Waals surface area (Å²) in [6.07, 6.45) is 0.823. The number of nitrogens with zero attached hydrogens (tertiary/aromatic N) is 1. The highest BCUT2D eigenvalue weighted by atomic mass is 16.5. The number of fused-ring (bicyclic) bond motifs is 4. The predicted molar refractivity (Wildman–Crippen MR) is 191 cm³/mol. The summed E-state index contributed by atoms with van der Waals surface area (Å²) in [5, 5.41) is 2.03. The summed E-state index contributed by atoms with van der Waals surface area (Å²) in [6, 6.07) is 24.6. The fourth-order valence-electron chi connectivity index (χ4n) is 8.05. The normalized spacial score (nSPS) is 16.6. The quantitative estimate of drug-likeness (QED) is 0.169. The molecule has 0 aliphatic carbocycles. The van der Waals surface area contributed by atoms with Crippen LogP contribution in [0.5, 0.6) is 34.5 Å². The summed E-state index contributed by atoms with van der Waals surface area (Å²) in [4.78, 5) is 3.90. The van der Waals surface area contributed by atoms with Gasteiger partial charge in [-0.3, -0.25) is 0 Å². The van der Waals surface area contributed by atoms with Crippen molar-refractivity contribution in [2.75, 3.05) is 42.7 Å². The highest BCUT2D eigenvalue weighted by Crippen LogP contribution is 2.59. The van der Waals surface area contributed by atoms with Gasteiger partial charge in [-0.2, -0.15) is 0 Å². The van der Waals surface area contributed by atoms with E-state index in [1.54, 1.807) is 42.7 Å². The zero-order valence-electron chi connectivity index (χ0n) is 29.0. The van der Waals surface area contributed by atoms with Crippen LogP contribution in [0.1, 0.15) is 38.6 Å². The largest absolute Gasteiger partial charge is 0.497 e. The molecule has 1 aliphatic rings. The summed E-state index contributed by atoms with van der Waals surface area (Å²) in [7, 11) is 10.2. The van der Waals surface area contributed by atoms with E-state index in [9.17, 15) is 0 Å². The smallest absolute Gasteiger partial charge is 0.132 e. The van der Waals surface area contributed by atoms with Crippen LogP contribution in [-0.4, -0.2) is 52.2 Å². The van der Waals surface area contributed by atoms with Crippen LogP contribution in [0.25, 0.3) is 44.1 Å². The number of rotatable bonds is 9. The maximum absolute atomic E-state index is 6.11. The molecule has 8 heteroatoms. The number of benzene rings is 4. The molecule has 0 saturated carbocycles. The summed E-state index contributed by atoms with van der Waals surface area (Å²) in [6.45, 7) is 6.99. The molecule has 1 N–H and O–H groups in total. The Kier molecular flexibility index (Phi) is 7.50. The molecule has 248 valence electrons. The first kappa shape index (κ1) is 31.4. The molecular weight excluding hydrogens is 604 g/mol. The number of hydrogen-bond acceptors (Lipinski definition) is 6. The second-order valence-corrected chi connectivity index (χ2v) is 13.2. The molecule has 7 rings (SSSR count). The zero-order valence-corrected chi connectivity index (χ0v) is 29.0. The molecule has 4 aromatic carbocycles. The number of hydrogen-bond donors (Lipinski definition) is 1. The van der Waals surface area contributed by atoms with E-state index in [1.165, 1.54) is 5.69 Å². The molecule has 1 atom stereocenters. The number of ether oxygens (including phenoxy) is 6. The van der Waals surface area contributed by atoms with Gasteiger partial charge in [-0.05, 0) is 48.7 Å². The number of aromatic amines is 1. The van der Waals surface area contributed by atoms with Crippen LogP contribution in [-0.2, 0) is 11.0 Å². The molecule has 1 aliphatic heterocycles. The van der Waals surface area contributed by atoms with Gasteiger partial charge in [-0.1, -0.05) is 38.1 Å². The van der Waals surface area contributed by atoms with Crippen LogP contribution in [0, 0.1) is 0 Å². The number of H-pyrrole nitrogens is 1. The summed E-state index contributed by atoms with van der Waals surface area (Å²) in [5.41, 5.74) is 7.81. The van der Waals surface area contributed by atoms with Crippen molar-refractivity contribution < 1.29 is 28.4 Å². The lowest BCUT2D eigenvalue weighted by atomic mass is 9.77. The van der Waals surface area contributed by atoms with Gasteiger partial charge in [-0.25, -0.2) is 0 Å². The van der Waals surface area contributed by atoms with E-state index in [-0.39, 0.29) is 5.41 Å². The maximum Gasteiger partial charge on any atom is 0.132 e. The molecule has 0 fully saturated rings. The Balaban J connectivity index is 1.63. The monoisotopic (exact) mass is 646 g/mol. The van der Waals surface area contributed by atoms with Crippen LogP contribution in [0.2, 0.25) is 0 Å². The maximum atomic E-state index is 6.11. The standard InChI is InChI=1S/C40H42N2O6/c1-39(2)22-40(3,37-33(23-10-14-25(43-4)15-11-23)35-29(41-37)18-27(45-6)20-31(35)47-8)42-30-19-28(46-7)21-32(48-9)36(30)34(38(39)42)24-12-16-26(44-5)17-13-24/h10-21,41H,22H2,1-9H3. The van der Waals surface area contributed by atoms with Gasteiger partial charge in [0.1, 0.15) is 34.5 Å². The van der Waals surface area contributed by atoms with Gasteiger partial charge in [0, 0.05) is 51.9 Å². The molecule has 0 amide bonds. The molecular formula is C40H42N2O6. The fraction of sp³-hybridized carbons (Fsp3) is 0.300. The van der Waals surface area contributed by atoms with Gasteiger partial charge in [-0.15, -0.1) is 0 Å². The van der Waals surface area contributed by atoms with E-state index in [2.05, 4.69) is 60.7 Å². The third-order valence-electron chi connectivity index (χ3n) is 9.97. The first-order valence-electron chi connectivity index (χ1n) is 16.0. The Morgan fingerprint density at radius 3 is 1.58 bits per heavy atom. The van der Waals surface area contributed by atoms with Crippen molar-refractivity contribution in [2.45, 2.75) is 38.1 Å². The van der Waals surface area contributed by atoms with Crippen LogP contribution in [0.3, 0.4) is 0 Å². The lowest BCUT2D eigenvalue weighted by Crippen LogP contribution is -2.30. The lowest BCUT2D eigenvalue weighted by Gasteiger charge is -2.30. The molecule has 48 heavy (non-hydrogen) atoms. The van der Waals surface area contributed by atoms with E-state index >= 15 is 0 Å². The molecule has 8 nitrogen and oxygen atoms in total. The molecule has 2 aromatic heterocycles. The minimum absolute atomic E-state index is 0.252. The Labute approximate surface area is 281 Å². The number of aromatic nitrogens is 2. The minimum atomic E-state index is -0.550. The van der Waals surface area contributed by atoms with Crippen molar-refractivity contribution in [3.05, 3.63) is 84.2 Å². The van der Waals surface area contributed by atoms with Crippen LogP contribution < -0.4 is 28.4 Å².